The van der Waals surface area contributed by atoms with E-state index in [9.17, 15) is 36.5 Å². The first kappa shape index (κ1) is 31.0. The third-order valence-corrected chi connectivity index (χ3v) is 7.72. The minimum absolute atomic E-state index is 0.0707. The van der Waals surface area contributed by atoms with Crippen molar-refractivity contribution in [2.75, 3.05) is 43.0 Å². The molecule has 4 rings (SSSR count). The SMILES string of the molecule is O=[N+]([O-])c1ccc(N[C@H]2CC[C@H](OCC(=S)N3CCN(c4ncc(C(F)(F)F)cc4Cl)CC3)CC2)cc1C(F)(F)F. The second kappa shape index (κ2) is 12.5. The molecule has 2 aromatic rings. The molecule has 1 saturated heterocycles. The van der Waals surface area contributed by atoms with Gasteiger partial charge >= 0.3 is 12.4 Å². The summed E-state index contributed by atoms with van der Waals surface area (Å²) in [5.74, 6) is 0.287. The van der Waals surface area contributed by atoms with E-state index in [4.69, 9.17) is 28.6 Å². The zero-order valence-electron chi connectivity index (χ0n) is 21.5. The Morgan fingerprint density at radius 3 is 2.29 bits per heavy atom. The van der Waals surface area contributed by atoms with Crippen molar-refractivity contribution in [2.45, 2.75) is 50.2 Å². The number of nitrogens with one attached hydrogen (secondary N) is 1. The average Bonchev–Trinajstić information content (AvgIpc) is 2.91. The molecule has 1 aliphatic carbocycles. The maximum absolute atomic E-state index is 13.3. The van der Waals surface area contributed by atoms with Crippen LogP contribution in [0.3, 0.4) is 0 Å². The smallest absolute Gasteiger partial charge is 0.382 e. The number of nitro groups is 1. The van der Waals surface area contributed by atoms with E-state index >= 15 is 0 Å². The number of rotatable bonds is 7. The molecule has 41 heavy (non-hydrogen) atoms. The Morgan fingerprint density at radius 1 is 1.07 bits per heavy atom. The quantitative estimate of drug-likeness (QED) is 0.160. The fourth-order valence-electron chi connectivity index (χ4n) is 4.89. The molecule has 0 bridgehead atoms. The Morgan fingerprint density at radius 2 is 1.73 bits per heavy atom. The molecule has 1 saturated carbocycles. The Hall–Kier alpha value is -2.91. The topological polar surface area (TPSA) is 83.8 Å². The van der Waals surface area contributed by atoms with Crippen molar-refractivity contribution in [3.63, 3.8) is 0 Å². The summed E-state index contributed by atoms with van der Waals surface area (Å²) in [7, 11) is 0. The van der Waals surface area contributed by atoms with Crippen LogP contribution >= 0.6 is 23.8 Å². The first-order valence-electron chi connectivity index (χ1n) is 12.7. The number of thiocarbonyl (C=S) groups is 1. The maximum atomic E-state index is 13.3. The number of alkyl halides is 6. The van der Waals surface area contributed by atoms with E-state index in [0.717, 1.165) is 24.4 Å². The van der Waals surface area contributed by atoms with Gasteiger partial charge < -0.3 is 19.9 Å². The van der Waals surface area contributed by atoms with Crippen molar-refractivity contribution in [2.24, 2.45) is 0 Å². The van der Waals surface area contributed by atoms with Crippen LogP contribution in [-0.4, -0.2) is 64.7 Å². The fraction of sp³-hybridized carbons (Fsp3) is 0.520. The number of anilines is 2. The Balaban J connectivity index is 1.21. The summed E-state index contributed by atoms with van der Waals surface area (Å²) < 4.78 is 84.4. The lowest BCUT2D eigenvalue weighted by atomic mass is 9.92. The predicted octanol–water partition coefficient (Wildman–Crippen LogP) is 6.57. The van der Waals surface area contributed by atoms with Crippen LogP contribution in [0.2, 0.25) is 5.02 Å². The molecule has 16 heteroatoms. The summed E-state index contributed by atoms with van der Waals surface area (Å²) in [6, 6.07) is 3.65. The average molecular weight is 626 g/mol. The number of pyridine rings is 1. The van der Waals surface area contributed by atoms with E-state index in [1.807, 2.05) is 4.90 Å². The highest BCUT2D eigenvalue weighted by Gasteiger charge is 2.38. The van der Waals surface area contributed by atoms with Crippen LogP contribution < -0.4 is 10.2 Å². The third-order valence-electron chi connectivity index (χ3n) is 7.07. The lowest BCUT2D eigenvalue weighted by Crippen LogP contribution is -2.49. The number of hydrogen-bond donors (Lipinski definition) is 1. The lowest BCUT2D eigenvalue weighted by molar-refractivity contribution is -0.388. The van der Waals surface area contributed by atoms with E-state index < -0.39 is 34.1 Å². The van der Waals surface area contributed by atoms with E-state index in [2.05, 4.69) is 10.3 Å². The van der Waals surface area contributed by atoms with Gasteiger partial charge in [0, 0.05) is 50.2 Å². The van der Waals surface area contributed by atoms with Crippen LogP contribution in [0.1, 0.15) is 36.8 Å². The highest BCUT2D eigenvalue weighted by Crippen LogP contribution is 2.38. The Bertz CT molecular complexity index is 1270. The summed E-state index contributed by atoms with van der Waals surface area (Å²) in [5, 5.41) is 13.9. The molecule has 224 valence electrons. The highest BCUT2D eigenvalue weighted by molar-refractivity contribution is 7.80. The number of hydrogen-bond acceptors (Lipinski definition) is 7. The summed E-state index contributed by atoms with van der Waals surface area (Å²) in [5.41, 5.74) is -3.02. The molecule has 1 N–H and O–H groups in total. The largest absolute Gasteiger partial charge is 0.423 e. The number of benzene rings is 1. The van der Waals surface area contributed by atoms with Gasteiger partial charge in [-0.15, -0.1) is 0 Å². The number of piperazine rings is 1. The van der Waals surface area contributed by atoms with Gasteiger partial charge in [-0.25, -0.2) is 4.98 Å². The monoisotopic (exact) mass is 625 g/mol. The van der Waals surface area contributed by atoms with Gasteiger partial charge in [0.15, 0.2) is 0 Å². The summed E-state index contributed by atoms with van der Waals surface area (Å²) in [6.45, 7) is 2.19. The van der Waals surface area contributed by atoms with Gasteiger partial charge in [-0.2, -0.15) is 26.3 Å². The maximum Gasteiger partial charge on any atom is 0.423 e. The van der Waals surface area contributed by atoms with Gasteiger partial charge in [-0.3, -0.25) is 10.1 Å². The molecule has 0 amide bonds. The van der Waals surface area contributed by atoms with Gasteiger partial charge in [0.1, 0.15) is 16.4 Å². The van der Waals surface area contributed by atoms with Crippen LogP contribution in [0.4, 0.5) is 43.5 Å². The molecule has 1 aliphatic heterocycles. The summed E-state index contributed by atoms with van der Waals surface area (Å²) in [6.07, 6.45) is -6.10. The molecular weight excluding hydrogens is 600 g/mol. The molecule has 8 nitrogen and oxygen atoms in total. The van der Waals surface area contributed by atoms with Crippen LogP contribution in [0.25, 0.3) is 0 Å². The van der Waals surface area contributed by atoms with Gasteiger partial charge in [-0.05, 0) is 43.9 Å². The van der Waals surface area contributed by atoms with E-state index in [1.54, 1.807) is 4.90 Å². The van der Waals surface area contributed by atoms with Gasteiger partial charge in [0.2, 0.25) is 0 Å². The first-order chi connectivity index (χ1) is 19.2. The summed E-state index contributed by atoms with van der Waals surface area (Å²) >= 11 is 11.6. The standard InChI is InChI=1S/C25H26ClF6N5O3S/c26-20-11-15(24(27,28)29)13-33-23(20)36-9-7-35(8-10-36)22(41)14-40-18-4-1-16(2-5-18)34-17-3-6-21(37(38)39)19(12-17)25(30,31)32/h3,6,11-13,16,18,34H,1-2,4-5,7-10,14H2/t16-,18-. The highest BCUT2D eigenvalue weighted by atomic mass is 35.5. The molecule has 0 atom stereocenters. The Labute approximate surface area is 241 Å². The van der Waals surface area contributed by atoms with E-state index in [0.29, 0.717) is 56.9 Å². The van der Waals surface area contributed by atoms with E-state index in [1.165, 1.54) is 6.07 Å². The minimum atomic E-state index is -4.84. The molecule has 2 fully saturated rings. The molecule has 2 aliphatic rings. The molecule has 1 aromatic heterocycles. The van der Waals surface area contributed by atoms with Crippen molar-refractivity contribution in [3.8, 4) is 0 Å². The molecule has 0 spiro atoms. The number of halogens is 7. The number of aromatic nitrogens is 1. The summed E-state index contributed by atoms with van der Waals surface area (Å²) in [4.78, 5) is 18.2. The van der Waals surface area contributed by atoms with Crippen LogP contribution in [0, 0.1) is 10.1 Å². The minimum Gasteiger partial charge on any atom is -0.382 e. The number of ether oxygens (including phenoxy) is 1. The van der Waals surface area contributed by atoms with Crippen molar-refractivity contribution >= 4 is 46.0 Å². The molecule has 0 unspecified atom stereocenters. The second-order valence-corrected chi connectivity index (χ2v) is 10.7. The van der Waals surface area contributed by atoms with Gasteiger partial charge in [0.25, 0.3) is 5.69 Å². The van der Waals surface area contributed by atoms with Crippen molar-refractivity contribution in [1.29, 1.82) is 0 Å². The molecule has 2 heterocycles. The zero-order chi connectivity index (χ0) is 29.9. The number of nitrogens with zero attached hydrogens (tertiary/aromatic N) is 4. The van der Waals surface area contributed by atoms with Crippen molar-refractivity contribution in [3.05, 3.63) is 56.7 Å². The van der Waals surface area contributed by atoms with Crippen LogP contribution in [0.15, 0.2) is 30.5 Å². The first-order valence-corrected chi connectivity index (χ1v) is 13.5. The van der Waals surface area contributed by atoms with Crippen molar-refractivity contribution in [1.82, 2.24) is 9.88 Å². The van der Waals surface area contributed by atoms with E-state index in [-0.39, 0.29) is 35.3 Å². The van der Waals surface area contributed by atoms with Crippen LogP contribution in [-0.2, 0) is 17.1 Å². The molecule has 0 radical (unpaired) electrons. The predicted molar refractivity (Wildman–Crippen MR) is 144 cm³/mol. The number of nitro benzene ring substituents is 1. The Kier molecular flexibility index (Phi) is 9.49. The molecule has 1 aromatic carbocycles. The van der Waals surface area contributed by atoms with Crippen molar-refractivity contribution < 1.29 is 36.0 Å². The lowest BCUT2D eigenvalue weighted by Gasteiger charge is -2.37. The normalized spacial score (nSPS) is 20.2. The van der Waals surface area contributed by atoms with Gasteiger partial charge in [-0.1, -0.05) is 23.8 Å². The second-order valence-electron chi connectivity index (χ2n) is 9.81. The molecular formula is C25H26ClF6N5O3S. The zero-order valence-corrected chi connectivity index (χ0v) is 23.0. The van der Waals surface area contributed by atoms with Gasteiger partial charge in [0.05, 0.1) is 28.2 Å². The van der Waals surface area contributed by atoms with Crippen LogP contribution in [0.5, 0.6) is 0 Å². The fourth-order valence-corrected chi connectivity index (χ4v) is 5.42. The third kappa shape index (κ3) is 7.89.